The highest BCUT2D eigenvalue weighted by atomic mass is 32.2. The number of aryl methyl sites for hydroxylation is 1. The lowest BCUT2D eigenvalue weighted by Crippen LogP contribution is -2.32. The first-order chi connectivity index (χ1) is 13.0. The minimum absolute atomic E-state index is 0.191. The maximum atomic E-state index is 13.0. The van der Waals surface area contributed by atoms with Crippen molar-refractivity contribution in [1.29, 1.82) is 0 Å². The molecule has 2 atom stereocenters. The molecule has 3 aromatic rings. The molecule has 138 valence electrons. The predicted molar refractivity (Wildman–Crippen MR) is 97.0 cm³/mol. The second kappa shape index (κ2) is 5.56. The van der Waals surface area contributed by atoms with Gasteiger partial charge in [0.15, 0.2) is 9.84 Å². The lowest BCUT2D eigenvalue weighted by molar-refractivity contribution is 0.0780. The summed E-state index contributed by atoms with van der Waals surface area (Å²) in [6.07, 6.45) is 3.15. The summed E-state index contributed by atoms with van der Waals surface area (Å²) in [4.78, 5) is 14.8. The third-order valence-electron chi connectivity index (χ3n) is 5.51. The Labute approximate surface area is 156 Å². The van der Waals surface area contributed by atoms with Crippen molar-refractivity contribution in [3.63, 3.8) is 0 Å². The molecule has 4 heterocycles. The quantitative estimate of drug-likeness (QED) is 0.676. The molecule has 1 amide bonds. The molecule has 8 heteroatoms. The zero-order valence-corrected chi connectivity index (χ0v) is 15.4. The van der Waals surface area contributed by atoms with Gasteiger partial charge in [-0.15, -0.1) is 0 Å². The highest BCUT2D eigenvalue weighted by molar-refractivity contribution is 7.92. The van der Waals surface area contributed by atoms with Crippen LogP contribution in [0.15, 0.2) is 58.2 Å². The van der Waals surface area contributed by atoms with Crippen LogP contribution in [0, 0.1) is 0 Å². The maximum absolute atomic E-state index is 13.0. The Morgan fingerprint density at radius 1 is 1.22 bits per heavy atom. The number of fused-ring (bicyclic) bond motifs is 3. The number of amides is 1. The van der Waals surface area contributed by atoms with Gasteiger partial charge in [-0.1, -0.05) is 0 Å². The number of sulfone groups is 1. The van der Waals surface area contributed by atoms with E-state index >= 15 is 0 Å². The second-order valence-corrected chi connectivity index (χ2v) is 9.11. The molecule has 2 aromatic heterocycles. The van der Waals surface area contributed by atoms with Gasteiger partial charge in [0.2, 0.25) is 0 Å². The largest absolute Gasteiger partial charge is 0.464 e. The molecule has 1 fully saturated rings. The second-order valence-electron chi connectivity index (χ2n) is 6.97. The van der Waals surface area contributed by atoms with Crippen molar-refractivity contribution in [1.82, 2.24) is 14.7 Å². The number of carbonyl (C=O) groups excluding carboxylic acids is 1. The van der Waals surface area contributed by atoms with E-state index in [0.717, 1.165) is 11.1 Å². The van der Waals surface area contributed by atoms with Crippen LogP contribution < -0.4 is 0 Å². The molecule has 0 saturated carbocycles. The van der Waals surface area contributed by atoms with Crippen LogP contribution in [-0.2, 0) is 16.9 Å². The van der Waals surface area contributed by atoms with Crippen LogP contribution in [-0.4, -0.2) is 47.3 Å². The molecule has 0 bridgehead atoms. The van der Waals surface area contributed by atoms with Crippen LogP contribution in [0.25, 0.3) is 11.3 Å². The van der Waals surface area contributed by atoms with Gasteiger partial charge in [0.25, 0.3) is 5.91 Å². The number of likely N-dealkylation sites (tertiary alicyclic amines) is 1. The van der Waals surface area contributed by atoms with Gasteiger partial charge in [0.1, 0.15) is 11.5 Å². The number of furan rings is 1. The summed E-state index contributed by atoms with van der Waals surface area (Å²) in [5.74, 6) is 0.278. The van der Waals surface area contributed by atoms with E-state index in [2.05, 4.69) is 5.10 Å². The number of hydrogen-bond acceptors (Lipinski definition) is 5. The number of rotatable bonds is 2. The molecule has 2 unspecified atom stereocenters. The summed E-state index contributed by atoms with van der Waals surface area (Å²) < 4.78 is 33.0. The summed E-state index contributed by atoms with van der Waals surface area (Å²) in [5.41, 5.74) is 2.07. The standard InChI is InChI=1S/C19H17N3O4S/c1-21-15(6-7-20-21)19(23)22-10-14-13-9-12(16-3-2-8-26-16)4-5-17(13)27(24,25)18(14)11-22/h2-9,14,18H,10-11H2,1H3. The number of nitrogens with zero attached hydrogens (tertiary/aromatic N) is 3. The fourth-order valence-electron chi connectivity index (χ4n) is 4.16. The van der Waals surface area contributed by atoms with Crippen LogP contribution in [0.1, 0.15) is 22.0 Å². The first-order valence-corrected chi connectivity index (χ1v) is 10.2. The van der Waals surface area contributed by atoms with E-state index in [0.29, 0.717) is 22.9 Å². The van der Waals surface area contributed by atoms with E-state index in [4.69, 9.17) is 4.42 Å². The summed E-state index contributed by atoms with van der Waals surface area (Å²) in [6.45, 7) is 0.574. The van der Waals surface area contributed by atoms with E-state index in [9.17, 15) is 13.2 Å². The molecule has 1 saturated heterocycles. The van der Waals surface area contributed by atoms with Crippen molar-refractivity contribution in [3.05, 3.63) is 60.1 Å². The lowest BCUT2D eigenvalue weighted by atomic mass is 9.96. The van der Waals surface area contributed by atoms with Gasteiger partial charge >= 0.3 is 0 Å². The van der Waals surface area contributed by atoms with Crippen molar-refractivity contribution in [2.45, 2.75) is 16.1 Å². The van der Waals surface area contributed by atoms with Crippen molar-refractivity contribution >= 4 is 15.7 Å². The highest BCUT2D eigenvalue weighted by Gasteiger charge is 2.51. The zero-order chi connectivity index (χ0) is 18.8. The third-order valence-corrected chi connectivity index (χ3v) is 7.77. The van der Waals surface area contributed by atoms with E-state index in [1.54, 1.807) is 48.7 Å². The normalized spacial score (nSPS) is 22.6. The van der Waals surface area contributed by atoms with Crippen LogP contribution >= 0.6 is 0 Å². The first kappa shape index (κ1) is 16.3. The molecule has 2 aliphatic rings. The van der Waals surface area contributed by atoms with E-state index < -0.39 is 15.1 Å². The lowest BCUT2D eigenvalue weighted by Gasteiger charge is -2.18. The van der Waals surface area contributed by atoms with Gasteiger partial charge in [-0.3, -0.25) is 9.48 Å². The number of carbonyl (C=O) groups is 1. The maximum Gasteiger partial charge on any atom is 0.272 e. The minimum atomic E-state index is -3.46. The molecule has 7 nitrogen and oxygen atoms in total. The molecule has 0 aliphatic carbocycles. The Balaban J connectivity index is 1.53. The molecule has 0 N–H and O–H groups in total. The molecule has 27 heavy (non-hydrogen) atoms. The SMILES string of the molecule is Cn1nccc1C(=O)N1CC2c3cc(-c4ccco4)ccc3S(=O)(=O)C2C1. The summed E-state index contributed by atoms with van der Waals surface area (Å²) in [7, 11) is -1.76. The van der Waals surface area contributed by atoms with Gasteiger partial charge in [-0.05, 0) is 42.0 Å². The number of benzene rings is 1. The van der Waals surface area contributed by atoms with Crippen molar-refractivity contribution in [3.8, 4) is 11.3 Å². The van der Waals surface area contributed by atoms with Crippen molar-refractivity contribution in [2.75, 3.05) is 13.1 Å². The molecule has 2 aliphatic heterocycles. The van der Waals surface area contributed by atoms with Crippen LogP contribution in [0.3, 0.4) is 0 Å². The van der Waals surface area contributed by atoms with E-state index in [1.165, 1.54) is 4.68 Å². The van der Waals surface area contributed by atoms with Crippen LogP contribution in [0.4, 0.5) is 0 Å². The topological polar surface area (TPSA) is 85.4 Å². The predicted octanol–water partition coefficient (Wildman–Crippen LogP) is 2.08. The van der Waals surface area contributed by atoms with Crippen molar-refractivity contribution in [2.24, 2.45) is 7.05 Å². The molecule has 1 aromatic carbocycles. The van der Waals surface area contributed by atoms with Gasteiger partial charge < -0.3 is 9.32 Å². The van der Waals surface area contributed by atoms with Gasteiger partial charge in [0.05, 0.1) is 16.4 Å². The van der Waals surface area contributed by atoms with Crippen LogP contribution in [0.2, 0.25) is 0 Å². The highest BCUT2D eigenvalue weighted by Crippen LogP contribution is 2.46. The number of hydrogen-bond donors (Lipinski definition) is 0. The monoisotopic (exact) mass is 383 g/mol. The summed E-state index contributed by atoms with van der Waals surface area (Å²) in [6, 6.07) is 10.6. The Morgan fingerprint density at radius 2 is 2.07 bits per heavy atom. The summed E-state index contributed by atoms with van der Waals surface area (Å²) >= 11 is 0. The van der Waals surface area contributed by atoms with Gasteiger partial charge in [-0.25, -0.2) is 8.42 Å². The molecular weight excluding hydrogens is 366 g/mol. The smallest absolute Gasteiger partial charge is 0.272 e. The van der Waals surface area contributed by atoms with Gasteiger partial charge in [0, 0.05) is 37.8 Å². The van der Waals surface area contributed by atoms with E-state index in [-0.39, 0.29) is 18.4 Å². The molecule has 0 radical (unpaired) electrons. The Kier molecular flexibility index (Phi) is 3.36. The minimum Gasteiger partial charge on any atom is -0.464 e. The van der Waals surface area contributed by atoms with Gasteiger partial charge in [-0.2, -0.15) is 5.10 Å². The molecule has 5 rings (SSSR count). The Bertz CT molecular complexity index is 1150. The Hall–Kier alpha value is -2.87. The zero-order valence-electron chi connectivity index (χ0n) is 14.6. The number of aromatic nitrogens is 2. The Morgan fingerprint density at radius 3 is 2.78 bits per heavy atom. The van der Waals surface area contributed by atoms with Crippen LogP contribution in [0.5, 0.6) is 0 Å². The molecule has 0 spiro atoms. The molecular formula is C19H17N3O4S. The fraction of sp³-hybridized carbons (Fsp3) is 0.263. The fourth-order valence-corrected chi connectivity index (χ4v) is 6.32. The first-order valence-electron chi connectivity index (χ1n) is 8.66. The van der Waals surface area contributed by atoms with E-state index in [1.807, 2.05) is 12.1 Å². The average Bonchev–Trinajstić information content (AvgIpc) is 3.42. The average molecular weight is 383 g/mol. The summed E-state index contributed by atoms with van der Waals surface area (Å²) in [5, 5.41) is 3.43. The van der Waals surface area contributed by atoms with Crippen molar-refractivity contribution < 1.29 is 17.6 Å². The third kappa shape index (κ3) is 2.29.